The normalized spacial score (nSPS) is 13.2. The van der Waals surface area contributed by atoms with E-state index in [1.807, 2.05) is 66.2 Å². The lowest BCUT2D eigenvalue weighted by Gasteiger charge is -2.17. The average Bonchev–Trinajstić information content (AvgIpc) is 2.93. The van der Waals surface area contributed by atoms with Crippen molar-refractivity contribution in [2.75, 3.05) is 12.0 Å². The van der Waals surface area contributed by atoms with Crippen molar-refractivity contribution in [3.63, 3.8) is 0 Å². The third-order valence-electron chi connectivity index (χ3n) is 3.85. The van der Waals surface area contributed by atoms with E-state index in [1.165, 1.54) is 11.8 Å². The Morgan fingerprint density at radius 2 is 1.88 bits per heavy atom. The van der Waals surface area contributed by atoms with Crippen molar-refractivity contribution in [1.82, 2.24) is 14.7 Å². The Labute approximate surface area is 142 Å². The number of fused-ring (bicyclic) bond motifs is 1. The Morgan fingerprint density at radius 3 is 2.58 bits per heavy atom. The Morgan fingerprint density at radius 1 is 1.12 bits per heavy atom. The SMILES string of the molecule is Cc1ccc2nc(CNC(CS(C)(=O)=O)c3ccccc3)cn2c1. The molecule has 1 atom stereocenters. The van der Waals surface area contributed by atoms with E-state index in [0.717, 1.165) is 16.9 Å². The van der Waals surface area contributed by atoms with Crippen LogP contribution < -0.4 is 5.32 Å². The molecule has 126 valence electrons. The van der Waals surface area contributed by atoms with E-state index in [9.17, 15) is 8.42 Å². The largest absolute Gasteiger partial charge is 0.307 e. The molecule has 6 heteroatoms. The maximum absolute atomic E-state index is 11.7. The van der Waals surface area contributed by atoms with Gasteiger partial charge in [-0.15, -0.1) is 0 Å². The Bertz CT molecular complexity index is 933. The molecule has 0 amide bonds. The monoisotopic (exact) mass is 343 g/mol. The average molecular weight is 343 g/mol. The fourth-order valence-corrected chi connectivity index (χ4v) is 3.65. The summed E-state index contributed by atoms with van der Waals surface area (Å²) in [4.78, 5) is 4.57. The highest BCUT2D eigenvalue weighted by Crippen LogP contribution is 2.16. The summed E-state index contributed by atoms with van der Waals surface area (Å²) in [5.74, 6) is 0.0590. The number of aryl methyl sites for hydroxylation is 1. The molecule has 0 aliphatic rings. The second kappa shape index (κ2) is 6.75. The summed E-state index contributed by atoms with van der Waals surface area (Å²) >= 11 is 0. The van der Waals surface area contributed by atoms with Gasteiger partial charge in [-0.2, -0.15) is 0 Å². The lowest BCUT2D eigenvalue weighted by Crippen LogP contribution is -2.27. The predicted octanol–water partition coefficient (Wildman–Crippen LogP) is 2.52. The van der Waals surface area contributed by atoms with Gasteiger partial charge >= 0.3 is 0 Å². The van der Waals surface area contributed by atoms with Crippen molar-refractivity contribution in [3.05, 3.63) is 71.7 Å². The zero-order valence-corrected chi connectivity index (χ0v) is 14.6. The number of nitrogens with one attached hydrogen (secondary N) is 1. The number of sulfone groups is 1. The molecule has 1 unspecified atom stereocenters. The van der Waals surface area contributed by atoms with Gasteiger partial charge in [-0.1, -0.05) is 36.4 Å². The highest BCUT2D eigenvalue weighted by molar-refractivity contribution is 7.90. The molecule has 0 bridgehead atoms. The van der Waals surface area contributed by atoms with Gasteiger partial charge in [0.15, 0.2) is 0 Å². The van der Waals surface area contributed by atoms with Crippen molar-refractivity contribution in [2.24, 2.45) is 0 Å². The van der Waals surface area contributed by atoms with Crippen LogP contribution in [-0.4, -0.2) is 29.8 Å². The summed E-state index contributed by atoms with van der Waals surface area (Å²) in [6, 6.07) is 13.4. The second-order valence-corrected chi connectivity index (χ2v) is 8.33. The van der Waals surface area contributed by atoms with E-state index in [2.05, 4.69) is 10.3 Å². The minimum Gasteiger partial charge on any atom is -0.307 e. The van der Waals surface area contributed by atoms with Gasteiger partial charge in [0.05, 0.1) is 11.4 Å². The molecule has 0 aliphatic carbocycles. The molecule has 1 N–H and O–H groups in total. The molecule has 3 rings (SSSR count). The van der Waals surface area contributed by atoms with Crippen LogP contribution >= 0.6 is 0 Å². The Kier molecular flexibility index (Phi) is 4.69. The van der Waals surface area contributed by atoms with E-state index in [0.29, 0.717) is 6.54 Å². The molecule has 5 nitrogen and oxygen atoms in total. The number of rotatable bonds is 6. The van der Waals surface area contributed by atoms with Crippen LogP contribution in [0.4, 0.5) is 0 Å². The molecule has 0 aliphatic heterocycles. The number of aromatic nitrogens is 2. The highest BCUT2D eigenvalue weighted by Gasteiger charge is 2.17. The van der Waals surface area contributed by atoms with Crippen LogP contribution in [0.25, 0.3) is 5.65 Å². The van der Waals surface area contributed by atoms with Crippen LogP contribution in [0.2, 0.25) is 0 Å². The molecule has 1 aromatic carbocycles. The first-order valence-corrected chi connectivity index (χ1v) is 9.87. The number of pyridine rings is 1. The quantitative estimate of drug-likeness (QED) is 0.747. The number of hydrogen-bond donors (Lipinski definition) is 1. The summed E-state index contributed by atoms with van der Waals surface area (Å²) in [7, 11) is -3.09. The minimum absolute atomic E-state index is 0.0590. The van der Waals surface area contributed by atoms with Crippen LogP contribution in [0.3, 0.4) is 0 Å². The van der Waals surface area contributed by atoms with E-state index >= 15 is 0 Å². The molecule has 0 fully saturated rings. The fourth-order valence-electron chi connectivity index (χ4n) is 2.73. The van der Waals surface area contributed by atoms with E-state index in [1.54, 1.807) is 0 Å². The van der Waals surface area contributed by atoms with Gasteiger partial charge in [-0.05, 0) is 24.1 Å². The maximum Gasteiger partial charge on any atom is 0.149 e. The summed E-state index contributed by atoms with van der Waals surface area (Å²) in [6.45, 7) is 2.55. The number of benzene rings is 1. The molecule has 3 aromatic rings. The summed E-state index contributed by atoms with van der Waals surface area (Å²) in [6.07, 6.45) is 5.26. The maximum atomic E-state index is 11.7. The van der Waals surface area contributed by atoms with E-state index < -0.39 is 9.84 Å². The predicted molar refractivity (Wildman–Crippen MR) is 95.7 cm³/mol. The molecule has 24 heavy (non-hydrogen) atoms. The van der Waals surface area contributed by atoms with Gasteiger partial charge < -0.3 is 9.72 Å². The lowest BCUT2D eigenvalue weighted by molar-refractivity contribution is 0.547. The van der Waals surface area contributed by atoms with Crippen LogP contribution in [0.15, 0.2) is 54.9 Å². The van der Waals surface area contributed by atoms with Crippen molar-refractivity contribution in [2.45, 2.75) is 19.5 Å². The number of imidazole rings is 1. The van der Waals surface area contributed by atoms with Gasteiger partial charge in [0, 0.05) is 31.2 Å². The molecule has 0 saturated heterocycles. The van der Waals surface area contributed by atoms with Crippen molar-refractivity contribution >= 4 is 15.5 Å². The third kappa shape index (κ3) is 4.21. The molecule has 0 spiro atoms. The van der Waals surface area contributed by atoms with Crippen LogP contribution in [-0.2, 0) is 16.4 Å². The van der Waals surface area contributed by atoms with Gasteiger partial charge in [-0.25, -0.2) is 13.4 Å². The minimum atomic E-state index is -3.09. The second-order valence-electron chi connectivity index (χ2n) is 6.14. The highest BCUT2D eigenvalue weighted by atomic mass is 32.2. The van der Waals surface area contributed by atoms with Crippen molar-refractivity contribution < 1.29 is 8.42 Å². The molecule has 0 radical (unpaired) electrons. The van der Waals surface area contributed by atoms with Crippen molar-refractivity contribution in [1.29, 1.82) is 0 Å². The third-order valence-corrected chi connectivity index (χ3v) is 4.79. The van der Waals surface area contributed by atoms with Crippen LogP contribution in [0.1, 0.15) is 22.9 Å². The van der Waals surface area contributed by atoms with Crippen LogP contribution in [0.5, 0.6) is 0 Å². The van der Waals surface area contributed by atoms with E-state index in [-0.39, 0.29) is 11.8 Å². The number of nitrogens with zero attached hydrogens (tertiary/aromatic N) is 2. The summed E-state index contributed by atoms with van der Waals surface area (Å²) in [5.41, 5.74) is 3.90. The molecule has 2 heterocycles. The summed E-state index contributed by atoms with van der Waals surface area (Å²) in [5, 5.41) is 3.33. The number of hydrogen-bond acceptors (Lipinski definition) is 4. The molecule has 0 saturated carbocycles. The zero-order valence-electron chi connectivity index (χ0n) is 13.8. The standard InChI is InChI=1S/C18H21N3O2S/c1-14-8-9-18-20-16(12-21(18)11-14)10-19-17(13-24(2,22)23)15-6-4-3-5-7-15/h3-9,11-12,17,19H,10,13H2,1-2H3. The topological polar surface area (TPSA) is 63.5 Å². The zero-order chi connectivity index (χ0) is 17.2. The first kappa shape index (κ1) is 16.7. The van der Waals surface area contributed by atoms with Gasteiger partial charge in [0.1, 0.15) is 15.5 Å². The van der Waals surface area contributed by atoms with E-state index in [4.69, 9.17) is 0 Å². The molecular formula is C18H21N3O2S. The van der Waals surface area contributed by atoms with Gasteiger partial charge in [0.25, 0.3) is 0 Å². The van der Waals surface area contributed by atoms with Crippen LogP contribution in [0, 0.1) is 6.92 Å². The van der Waals surface area contributed by atoms with Crippen molar-refractivity contribution in [3.8, 4) is 0 Å². The Balaban J connectivity index is 1.79. The van der Waals surface area contributed by atoms with Gasteiger partial charge in [0.2, 0.25) is 0 Å². The molecule has 2 aromatic heterocycles. The first-order chi connectivity index (χ1) is 11.4. The summed E-state index contributed by atoms with van der Waals surface area (Å²) < 4.78 is 25.5. The first-order valence-electron chi connectivity index (χ1n) is 7.81. The lowest BCUT2D eigenvalue weighted by atomic mass is 10.1. The Hall–Kier alpha value is -2.18. The molecular weight excluding hydrogens is 322 g/mol. The van der Waals surface area contributed by atoms with Gasteiger partial charge in [-0.3, -0.25) is 0 Å². The fraction of sp³-hybridized carbons (Fsp3) is 0.278. The smallest absolute Gasteiger partial charge is 0.149 e.